The van der Waals surface area contributed by atoms with Gasteiger partial charge in [-0.25, -0.2) is 0 Å². The van der Waals surface area contributed by atoms with Crippen molar-refractivity contribution in [3.8, 4) is 0 Å². The molecule has 1 fully saturated rings. The third-order valence-electron chi connectivity index (χ3n) is 4.47. The van der Waals surface area contributed by atoms with Crippen LogP contribution in [-0.2, 0) is 0 Å². The number of piperidine rings is 1. The molecule has 1 aliphatic rings. The van der Waals surface area contributed by atoms with Crippen LogP contribution in [0.2, 0.25) is 0 Å². The van der Waals surface area contributed by atoms with E-state index in [4.69, 9.17) is 0 Å². The molecule has 0 aromatic heterocycles. The quantitative estimate of drug-likeness (QED) is 0.893. The summed E-state index contributed by atoms with van der Waals surface area (Å²) >= 11 is 0. The van der Waals surface area contributed by atoms with Gasteiger partial charge in [0.25, 0.3) is 0 Å². The Morgan fingerprint density at radius 1 is 1.37 bits per heavy atom. The van der Waals surface area contributed by atoms with Crippen molar-refractivity contribution in [2.45, 2.75) is 39.7 Å². The monoisotopic (exact) mass is 260 g/mol. The second kappa shape index (κ2) is 6.53. The van der Waals surface area contributed by atoms with E-state index in [-0.39, 0.29) is 0 Å². The van der Waals surface area contributed by atoms with Crippen molar-refractivity contribution >= 4 is 0 Å². The zero-order chi connectivity index (χ0) is 13.8. The Labute approximate surface area is 118 Å². The Balaban J connectivity index is 2.07. The molecule has 1 aromatic rings. The lowest BCUT2D eigenvalue weighted by Gasteiger charge is -2.37. The second-order valence-corrected chi connectivity index (χ2v) is 6.10. The summed E-state index contributed by atoms with van der Waals surface area (Å²) < 4.78 is 0. The van der Waals surface area contributed by atoms with E-state index >= 15 is 0 Å². The molecule has 0 aliphatic carbocycles. The highest BCUT2D eigenvalue weighted by Gasteiger charge is 2.24. The van der Waals surface area contributed by atoms with E-state index in [1.165, 1.54) is 42.6 Å². The molecule has 0 radical (unpaired) electrons. The third kappa shape index (κ3) is 3.58. The molecule has 1 N–H and O–H groups in total. The van der Waals surface area contributed by atoms with E-state index in [0.717, 1.165) is 12.5 Å². The van der Waals surface area contributed by atoms with Crippen molar-refractivity contribution in [2.24, 2.45) is 5.92 Å². The molecule has 106 valence electrons. The van der Waals surface area contributed by atoms with Crippen LogP contribution < -0.4 is 5.32 Å². The summed E-state index contributed by atoms with van der Waals surface area (Å²) in [5.74, 6) is 0.812. The second-order valence-electron chi connectivity index (χ2n) is 6.10. The maximum Gasteiger partial charge on any atom is 0.0322 e. The molecule has 2 rings (SSSR count). The highest BCUT2D eigenvalue weighted by atomic mass is 15.2. The molecule has 2 atom stereocenters. The molecule has 0 spiro atoms. The first kappa shape index (κ1) is 14.5. The molecule has 2 heteroatoms. The highest BCUT2D eigenvalue weighted by Crippen LogP contribution is 2.28. The average molecular weight is 260 g/mol. The number of likely N-dealkylation sites (tertiary alicyclic amines) is 1. The van der Waals surface area contributed by atoms with Gasteiger partial charge in [0.15, 0.2) is 0 Å². The molecular weight excluding hydrogens is 232 g/mol. The smallest absolute Gasteiger partial charge is 0.0322 e. The fourth-order valence-corrected chi connectivity index (χ4v) is 3.40. The maximum absolute atomic E-state index is 3.33. The van der Waals surface area contributed by atoms with E-state index in [0.29, 0.717) is 6.04 Å². The molecule has 0 amide bonds. The first-order valence-corrected chi connectivity index (χ1v) is 7.57. The SMILES string of the molecule is CNCC1CCCN(C(C)c2ccc(C)cc2C)C1. The number of nitrogens with zero attached hydrogens (tertiary/aromatic N) is 1. The molecule has 1 heterocycles. The van der Waals surface area contributed by atoms with Gasteiger partial charge in [0.2, 0.25) is 0 Å². The van der Waals surface area contributed by atoms with Gasteiger partial charge in [-0.15, -0.1) is 0 Å². The minimum Gasteiger partial charge on any atom is -0.319 e. The van der Waals surface area contributed by atoms with Crippen LogP contribution in [-0.4, -0.2) is 31.6 Å². The number of benzene rings is 1. The lowest BCUT2D eigenvalue weighted by Crippen LogP contribution is -2.40. The molecule has 2 unspecified atom stereocenters. The highest BCUT2D eigenvalue weighted by molar-refractivity contribution is 5.32. The molecule has 1 aliphatic heterocycles. The molecule has 2 nitrogen and oxygen atoms in total. The molecule has 1 aromatic carbocycles. The minimum atomic E-state index is 0.542. The topological polar surface area (TPSA) is 15.3 Å². The summed E-state index contributed by atoms with van der Waals surface area (Å²) in [6.07, 6.45) is 2.71. The normalized spacial score (nSPS) is 22.4. The summed E-state index contributed by atoms with van der Waals surface area (Å²) in [7, 11) is 2.06. The lowest BCUT2D eigenvalue weighted by atomic mass is 9.93. The first-order chi connectivity index (χ1) is 9.11. The van der Waals surface area contributed by atoms with Crippen LogP contribution in [0.3, 0.4) is 0 Å². The van der Waals surface area contributed by atoms with Crippen LogP contribution in [0.4, 0.5) is 0 Å². The van der Waals surface area contributed by atoms with Gasteiger partial charge in [0.1, 0.15) is 0 Å². The van der Waals surface area contributed by atoms with Crippen molar-refractivity contribution in [1.29, 1.82) is 0 Å². The van der Waals surface area contributed by atoms with Gasteiger partial charge in [-0.05, 0) is 70.8 Å². The fourth-order valence-electron chi connectivity index (χ4n) is 3.40. The van der Waals surface area contributed by atoms with Crippen LogP contribution in [0.5, 0.6) is 0 Å². The van der Waals surface area contributed by atoms with Crippen LogP contribution in [0.25, 0.3) is 0 Å². The summed E-state index contributed by atoms with van der Waals surface area (Å²) in [5, 5.41) is 3.33. The Hall–Kier alpha value is -0.860. The number of nitrogens with one attached hydrogen (secondary N) is 1. The van der Waals surface area contributed by atoms with E-state index in [1.54, 1.807) is 0 Å². The van der Waals surface area contributed by atoms with Gasteiger partial charge >= 0.3 is 0 Å². The summed E-state index contributed by atoms with van der Waals surface area (Å²) in [5.41, 5.74) is 4.29. The standard InChI is InChI=1S/C17H28N2/c1-13-7-8-17(14(2)10-13)15(3)19-9-5-6-16(12-19)11-18-4/h7-8,10,15-16,18H,5-6,9,11-12H2,1-4H3. The van der Waals surface area contributed by atoms with Gasteiger partial charge < -0.3 is 5.32 Å². The van der Waals surface area contributed by atoms with E-state index in [9.17, 15) is 0 Å². The van der Waals surface area contributed by atoms with E-state index in [2.05, 4.69) is 56.2 Å². The molecular formula is C17H28N2. The van der Waals surface area contributed by atoms with Crippen LogP contribution in [0.15, 0.2) is 18.2 Å². The fraction of sp³-hybridized carbons (Fsp3) is 0.647. The number of hydrogen-bond acceptors (Lipinski definition) is 2. The number of aryl methyl sites for hydroxylation is 2. The molecule has 1 saturated heterocycles. The van der Waals surface area contributed by atoms with Gasteiger partial charge in [0.05, 0.1) is 0 Å². The van der Waals surface area contributed by atoms with Crippen molar-refractivity contribution < 1.29 is 0 Å². The predicted molar refractivity (Wildman–Crippen MR) is 82.6 cm³/mol. The van der Waals surface area contributed by atoms with Crippen molar-refractivity contribution in [3.63, 3.8) is 0 Å². The summed E-state index contributed by atoms with van der Waals surface area (Å²) in [6.45, 7) is 10.4. The zero-order valence-electron chi connectivity index (χ0n) is 12.9. The predicted octanol–water partition coefficient (Wildman–Crippen LogP) is 3.30. The number of rotatable bonds is 4. The van der Waals surface area contributed by atoms with Crippen molar-refractivity contribution in [1.82, 2.24) is 10.2 Å². The van der Waals surface area contributed by atoms with Crippen LogP contribution in [0, 0.1) is 19.8 Å². The summed E-state index contributed by atoms with van der Waals surface area (Å²) in [6, 6.07) is 7.41. The van der Waals surface area contributed by atoms with Crippen molar-refractivity contribution in [2.75, 3.05) is 26.7 Å². The average Bonchev–Trinajstić information content (AvgIpc) is 2.39. The van der Waals surface area contributed by atoms with Gasteiger partial charge in [0, 0.05) is 12.6 Å². The molecule has 0 saturated carbocycles. The van der Waals surface area contributed by atoms with Crippen molar-refractivity contribution in [3.05, 3.63) is 34.9 Å². The van der Waals surface area contributed by atoms with Crippen LogP contribution >= 0.6 is 0 Å². The Kier molecular flexibility index (Phi) is 5.00. The zero-order valence-corrected chi connectivity index (χ0v) is 12.9. The Morgan fingerprint density at radius 3 is 2.84 bits per heavy atom. The van der Waals surface area contributed by atoms with E-state index < -0.39 is 0 Å². The van der Waals surface area contributed by atoms with Gasteiger partial charge in [-0.1, -0.05) is 23.8 Å². The number of hydrogen-bond donors (Lipinski definition) is 1. The van der Waals surface area contributed by atoms with Gasteiger partial charge in [-0.3, -0.25) is 4.90 Å². The third-order valence-corrected chi connectivity index (χ3v) is 4.47. The van der Waals surface area contributed by atoms with E-state index in [1.807, 2.05) is 0 Å². The maximum atomic E-state index is 3.33. The van der Waals surface area contributed by atoms with Crippen LogP contribution in [0.1, 0.15) is 42.5 Å². The largest absolute Gasteiger partial charge is 0.319 e. The lowest BCUT2D eigenvalue weighted by molar-refractivity contribution is 0.131. The molecule has 19 heavy (non-hydrogen) atoms. The first-order valence-electron chi connectivity index (χ1n) is 7.57. The Morgan fingerprint density at radius 2 is 2.16 bits per heavy atom. The summed E-state index contributed by atoms with van der Waals surface area (Å²) in [4.78, 5) is 2.66. The Bertz CT molecular complexity index is 412. The minimum absolute atomic E-state index is 0.542. The van der Waals surface area contributed by atoms with Gasteiger partial charge in [-0.2, -0.15) is 0 Å². The molecule has 0 bridgehead atoms.